The van der Waals surface area contributed by atoms with E-state index in [0.717, 1.165) is 5.56 Å². The highest BCUT2D eigenvalue weighted by molar-refractivity contribution is 6.24. The average Bonchev–Trinajstić information content (AvgIpc) is 2.19. The maximum Gasteiger partial charge on any atom is 0.122 e. The molecule has 0 heterocycles. The van der Waals surface area contributed by atoms with Gasteiger partial charge in [-0.2, -0.15) is 5.26 Å². The molecule has 3 heteroatoms. The normalized spacial score (nSPS) is 14.5. The van der Waals surface area contributed by atoms with Crippen LogP contribution in [0.25, 0.3) is 0 Å². The average molecular weight is 214 g/mol. The molecule has 2 atom stereocenters. The first-order valence-electron chi connectivity index (χ1n) is 3.96. The Morgan fingerprint density at radius 3 is 2.38 bits per heavy atom. The third kappa shape index (κ3) is 3.26. The molecule has 0 aliphatic rings. The van der Waals surface area contributed by atoms with Gasteiger partial charge in [-0.1, -0.05) is 30.3 Å². The van der Waals surface area contributed by atoms with Gasteiger partial charge in [0.1, 0.15) is 5.38 Å². The fourth-order valence-corrected chi connectivity index (χ4v) is 1.63. The van der Waals surface area contributed by atoms with Gasteiger partial charge in [0.25, 0.3) is 0 Å². The van der Waals surface area contributed by atoms with Crippen LogP contribution in [0.3, 0.4) is 0 Å². The van der Waals surface area contributed by atoms with Crippen LogP contribution in [-0.4, -0.2) is 5.38 Å². The lowest BCUT2D eigenvalue weighted by Gasteiger charge is -2.09. The summed E-state index contributed by atoms with van der Waals surface area (Å²) in [5, 5.41) is 7.80. The van der Waals surface area contributed by atoms with E-state index in [9.17, 15) is 0 Å². The maximum absolute atomic E-state index is 8.49. The smallest absolute Gasteiger partial charge is 0.122 e. The molecule has 0 saturated carbocycles. The zero-order chi connectivity index (χ0) is 9.68. The lowest BCUT2D eigenvalue weighted by Crippen LogP contribution is -1.99. The van der Waals surface area contributed by atoms with Crippen molar-refractivity contribution in [2.45, 2.75) is 17.2 Å². The van der Waals surface area contributed by atoms with Gasteiger partial charge >= 0.3 is 0 Å². The number of nitriles is 1. The van der Waals surface area contributed by atoms with Crippen LogP contribution < -0.4 is 0 Å². The van der Waals surface area contributed by atoms with E-state index in [4.69, 9.17) is 28.5 Å². The Bertz CT molecular complexity index is 292. The van der Waals surface area contributed by atoms with Crippen LogP contribution in [0.5, 0.6) is 0 Å². The van der Waals surface area contributed by atoms with Crippen molar-refractivity contribution in [2.24, 2.45) is 0 Å². The second kappa shape index (κ2) is 5.11. The van der Waals surface area contributed by atoms with E-state index in [0.29, 0.717) is 6.42 Å². The molecule has 0 aromatic heterocycles. The molecule has 0 amide bonds. The van der Waals surface area contributed by atoms with E-state index in [1.807, 2.05) is 36.4 Å². The van der Waals surface area contributed by atoms with Gasteiger partial charge in [0, 0.05) is 0 Å². The molecule has 68 valence electrons. The first-order chi connectivity index (χ1) is 6.24. The SMILES string of the molecule is N#CC(Cl)CC(Cl)c1ccccc1. The summed E-state index contributed by atoms with van der Waals surface area (Å²) in [4.78, 5) is 0. The topological polar surface area (TPSA) is 23.8 Å². The molecule has 1 rings (SSSR count). The van der Waals surface area contributed by atoms with Crippen molar-refractivity contribution >= 4 is 23.2 Å². The Kier molecular flexibility index (Phi) is 4.08. The molecular formula is C10H9Cl2N. The summed E-state index contributed by atoms with van der Waals surface area (Å²) in [6.45, 7) is 0. The van der Waals surface area contributed by atoms with Crippen LogP contribution in [0.1, 0.15) is 17.4 Å². The number of hydrogen-bond donors (Lipinski definition) is 0. The third-order valence-corrected chi connectivity index (χ3v) is 2.42. The van der Waals surface area contributed by atoms with Crippen molar-refractivity contribution in [3.05, 3.63) is 35.9 Å². The molecule has 13 heavy (non-hydrogen) atoms. The van der Waals surface area contributed by atoms with E-state index in [2.05, 4.69) is 0 Å². The van der Waals surface area contributed by atoms with Gasteiger partial charge in [-0.3, -0.25) is 0 Å². The van der Waals surface area contributed by atoms with Crippen LogP contribution in [0.15, 0.2) is 30.3 Å². The molecule has 0 fully saturated rings. The lowest BCUT2D eigenvalue weighted by molar-refractivity contribution is 0.826. The van der Waals surface area contributed by atoms with Crippen molar-refractivity contribution in [1.82, 2.24) is 0 Å². The quantitative estimate of drug-likeness (QED) is 0.706. The molecule has 0 aliphatic carbocycles. The van der Waals surface area contributed by atoms with Gasteiger partial charge in [0.15, 0.2) is 0 Å². The fraction of sp³-hybridized carbons (Fsp3) is 0.300. The summed E-state index contributed by atoms with van der Waals surface area (Å²) in [5.74, 6) is 0. The number of alkyl halides is 2. The van der Waals surface area contributed by atoms with Crippen LogP contribution in [0.2, 0.25) is 0 Å². The van der Waals surface area contributed by atoms with Crippen LogP contribution in [0.4, 0.5) is 0 Å². The van der Waals surface area contributed by atoms with Gasteiger partial charge in [-0.05, 0) is 12.0 Å². The highest BCUT2D eigenvalue weighted by Crippen LogP contribution is 2.26. The monoisotopic (exact) mass is 213 g/mol. The summed E-state index contributed by atoms with van der Waals surface area (Å²) < 4.78 is 0. The third-order valence-electron chi connectivity index (χ3n) is 1.72. The van der Waals surface area contributed by atoms with Crippen molar-refractivity contribution in [3.63, 3.8) is 0 Å². The minimum absolute atomic E-state index is 0.177. The van der Waals surface area contributed by atoms with Gasteiger partial charge < -0.3 is 0 Å². The predicted molar refractivity (Wildman–Crippen MR) is 54.9 cm³/mol. The summed E-state index contributed by atoms with van der Waals surface area (Å²) >= 11 is 11.7. The van der Waals surface area contributed by atoms with Crippen molar-refractivity contribution in [3.8, 4) is 6.07 Å². The van der Waals surface area contributed by atoms with E-state index < -0.39 is 5.38 Å². The number of rotatable bonds is 3. The first-order valence-corrected chi connectivity index (χ1v) is 4.84. The number of benzene rings is 1. The van der Waals surface area contributed by atoms with Crippen molar-refractivity contribution in [1.29, 1.82) is 5.26 Å². The molecule has 0 saturated heterocycles. The largest absolute Gasteiger partial charge is 0.197 e. The Balaban J connectivity index is 2.60. The predicted octanol–water partition coefficient (Wildman–Crippen LogP) is 3.49. The molecule has 0 radical (unpaired) electrons. The Hall–Kier alpha value is -0.710. The minimum Gasteiger partial charge on any atom is -0.197 e. The summed E-state index contributed by atoms with van der Waals surface area (Å²) in [5.41, 5.74) is 1.00. The van der Waals surface area contributed by atoms with E-state index in [1.165, 1.54) is 0 Å². The molecule has 0 aliphatic heterocycles. The van der Waals surface area contributed by atoms with Gasteiger partial charge in [-0.25, -0.2) is 0 Å². The summed E-state index contributed by atoms with van der Waals surface area (Å²) in [6, 6.07) is 11.6. The highest BCUT2D eigenvalue weighted by atomic mass is 35.5. The summed E-state index contributed by atoms with van der Waals surface area (Å²) in [6.07, 6.45) is 0.476. The zero-order valence-corrected chi connectivity index (χ0v) is 8.46. The van der Waals surface area contributed by atoms with Crippen molar-refractivity contribution in [2.75, 3.05) is 0 Å². The number of hydrogen-bond acceptors (Lipinski definition) is 1. The van der Waals surface area contributed by atoms with Gasteiger partial charge in [-0.15, -0.1) is 23.2 Å². The lowest BCUT2D eigenvalue weighted by atomic mass is 10.1. The van der Waals surface area contributed by atoms with E-state index in [1.54, 1.807) is 0 Å². The standard InChI is InChI=1S/C10H9Cl2N/c11-9(7-13)6-10(12)8-4-2-1-3-5-8/h1-5,9-10H,6H2. The molecular weight excluding hydrogens is 205 g/mol. The molecule has 0 spiro atoms. The fourth-order valence-electron chi connectivity index (χ4n) is 1.03. The number of nitrogens with zero attached hydrogens (tertiary/aromatic N) is 1. The molecule has 0 bridgehead atoms. The Morgan fingerprint density at radius 2 is 1.85 bits per heavy atom. The molecule has 1 aromatic rings. The van der Waals surface area contributed by atoms with Crippen LogP contribution in [-0.2, 0) is 0 Å². The second-order valence-electron chi connectivity index (χ2n) is 2.71. The Morgan fingerprint density at radius 1 is 1.23 bits per heavy atom. The maximum atomic E-state index is 8.49. The highest BCUT2D eigenvalue weighted by Gasteiger charge is 2.12. The molecule has 0 N–H and O–H groups in total. The van der Waals surface area contributed by atoms with Gasteiger partial charge in [0.2, 0.25) is 0 Å². The van der Waals surface area contributed by atoms with Crippen molar-refractivity contribution < 1.29 is 0 Å². The van der Waals surface area contributed by atoms with E-state index in [-0.39, 0.29) is 5.38 Å². The van der Waals surface area contributed by atoms with E-state index >= 15 is 0 Å². The Labute approximate surface area is 87.9 Å². The zero-order valence-electron chi connectivity index (χ0n) is 6.95. The molecule has 1 nitrogen and oxygen atoms in total. The van der Waals surface area contributed by atoms with Gasteiger partial charge in [0.05, 0.1) is 11.4 Å². The second-order valence-corrected chi connectivity index (χ2v) is 3.76. The molecule has 2 unspecified atom stereocenters. The van der Waals surface area contributed by atoms with Crippen LogP contribution >= 0.6 is 23.2 Å². The molecule has 1 aromatic carbocycles. The number of halogens is 2. The first kappa shape index (κ1) is 10.4. The van der Waals surface area contributed by atoms with Crippen LogP contribution in [0, 0.1) is 11.3 Å². The minimum atomic E-state index is -0.511. The summed E-state index contributed by atoms with van der Waals surface area (Å²) in [7, 11) is 0.